The lowest BCUT2D eigenvalue weighted by Gasteiger charge is -2.06. The molecule has 4 nitrogen and oxygen atoms in total. The molecule has 0 unspecified atom stereocenters. The van der Waals surface area contributed by atoms with E-state index >= 15 is 0 Å². The zero-order valence-electron chi connectivity index (χ0n) is 13.0. The second kappa shape index (κ2) is 9.10. The van der Waals surface area contributed by atoms with Gasteiger partial charge in [-0.25, -0.2) is 0 Å². The van der Waals surface area contributed by atoms with Crippen molar-refractivity contribution in [2.24, 2.45) is 0 Å². The molecule has 110 valence electrons. The van der Waals surface area contributed by atoms with Crippen LogP contribution in [-0.2, 0) is 17.8 Å². The Hall–Kier alpha value is -0.870. The van der Waals surface area contributed by atoms with Gasteiger partial charge in [-0.1, -0.05) is 26.2 Å². The standard InChI is InChI=1S/C15H29N3O/c1-5-6-7-8-10-18-14(3)15(13(2)17-18)12-16-9-11-19-4/h16H,5-12H2,1-4H3. The van der Waals surface area contributed by atoms with E-state index in [1.807, 2.05) is 0 Å². The van der Waals surface area contributed by atoms with Crippen molar-refractivity contribution in [2.45, 2.75) is 59.5 Å². The first-order valence-electron chi connectivity index (χ1n) is 7.43. The molecule has 0 radical (unpaired) electrons. The highest BCUT2D eigenvalue weighted by molar-refractivity contribution is 5.24. The molecule has 0 bridgehead atoms. The second-order valence-electron chi connectivity index (χ2n) is 5.10. The number of nitrogens with one attached hydrogen (secondary N) is 1. The van der Waals surface area contributed by atoms with Gasteiger partial charge in [-0.3, -0.25) is 4.68 Å². The largest absolute Gasteiger partial charge is 0.383 e. The van der Waals surface area contributed by atoms with Crippen LogP contribution >= 0.6 is 0 Å². The van der Waals surface area contributed by atoms with Crippen LogP contribution in [0.2, 0.25) is 0 Å². The highest BCUT2D eigenvalue weighted by Gasteiger charge is 2.10. The molecule has 1 N–H and O–H groups in total. The van der Waals surface area contributed by atoms with Crippen molar-refractivity contribution in [3.05, 3.63) is 17.0 Å². The molecule has 0 amide bonds. The first-order valence-corrected chi connectivity index (χ1v) is 7.43. The molecule has 0 aliphatic carbocycles. The van der Waals surface area contributed by atoms with Crippen molar-refractivity contribution >= 4 is 0 Å². The number of aryl methyl sites for hydroxylation is 2. The van der Waals surface area contributed by atoms with E-state index in [0.29, 0.717) is 0 Å². The van der Waals surface area contributed by atoms with Gasteiger partial charge in [-0.15, -0.1) is 0 Å². The maximum Gasteiger partial charge on any atom is 0.0641 e. The number of methoxy groups -OCH3 is 1. The van der Waals surface area contributed by atoms with Gasteiger partial charge in [0, 0.05) is 38.0 Å². The first kappa shape index (κ1) is 16.2. The molecule has 0 aromatic carbocycles. The van der Waals surface area contributed by atoms with Gasteiger partial charge < -0.3 is 10.1 Å². The summed E-state index contributed by atoms with van der Waals surface area (Å²) in [6.07, 6.45) is 5.14. The zero-order chi connectivity index (χ0) is 14.1. The van der Waals surface area contributed by atoms with E-state index in [2.05, 4.69) is 35.9 Å². The number of rotatable bonds is 10. The normalized spacial score (nSPS) is 11.2. The predicted molar refractivity (Wildman–Crippen MR) is 79.4 cm³/mol. The molecule has 0 fully saturated rings. The SMILES string of the molecule is CCCCCCn1nc(C)c(CNCCOC)c1C. The molecule has 0 atom stereocenters. The van der Waals surface area contributed by atoms with Crippen molar-refractivity contribution in [1.82, 2.24) is 15.1 Å². The van der Waals surface area contributed by atoms with Gasteiger partial charge in [-0.05, 0) is 20.3 Å². The van der Waals surface area contributed by atoms with Crippen LogP contribution in [0, 0.1) is 13.8 Å². The Kier molecular flexibility index (Phi) is 7.75. The van der Waals surface area contributed by atoms with Gasteiger partial charge in [0.15, 0.2) is 0 Å². The topological polar surface area (TPSA) is 39.1 Å². The van der Waals surface area contributed by atoms with E-state index in [1.165, 1.54) is 36.9 Å². The number of hydrogen-bond donors (Lipinski definition) is 1. The van der Waals surface area contributed by atoms with E-state index in [4.69, 9.17) is 4.74 Å². The first-order chi connectivity index (χ1) is 9.20. The summed E-state index contributed by atoms with van der Waals surface area (Å²) in [5.41, 5.74) is 3.79. The molecule has 0 spiro atoms. The van der Waals surface area contributed by atoms with Crippen molar-refractivity contribution in [2.75, 3.05) is 20.3 Å². The number of nitrogens with zero attached hydrogens (tertiary/aromatic N) is 2. The van der Waals surface area contributed by atoms with Crippen LogP contribution in [0.3, 0.4) is 0 Å². The summed E-state index contributed by atoms with van der Waals surface area (Å²) >= 11 is 0. The average molecular weight is 267 g/mol. The van der Waals surface area contributed by atoms with E-state index in [1.54, 1.807) is 7.11 Å². The van der Waals surface area contributed by atoms with E-state index < -0.39 is 0 Å². The van der Waals surface area contributed by atoms with Crippen LogP contribution in [0.4, 0.5) is 0 Å². The van der Waals surface area contributed by atoms with Crippen LogP contribution < -0.4 is 5.32 Å². The molecular weight excluding hydrogens is 238 g/mol. The predicted octanol–water partition coefficient (Wildman–Crippen LogP) is 2.82. The van der Waals surface area contributed by atoms with Crippen LogP contribution in [-0.4, -0.2) is 30.0 Å². The Morgan fingerprint density at radius 1 is 1.21 bits per heavy atom. The molecule has 0 saturated carbocycles. The van der Waals surface area contributed by atoms with Gasteiger partial charge in [0.2, 0.25) is 0 Å². The van der Waals surface area contributed by atoms with Gasteiger partial charge in [0.1, 0.15) is 0 Å². The molecule has 1 aromatic heterocycles. The third-order valence-corrected chi connectivity index (χ3v) is 3.54. The Morgan fingerprint density at radius 3 is 2.68 bits per heavy atom. The Labute approximate surface area is 117 Å². The Morgan fingerprint density at radius 2 is 2.00 bits per heavy atom. The summed E-state index contributed by atoms with van der Waals surface area (Å²) in [7, 11) is 1.73. The minimum absolute atomic E-state index is 0.753. The number of ether oxygens (including phenoxy) is 1. The third kappa shape index (κ3) is 5.33. The van der Waals surface area contributed by atoms with Crippen LogP contribution in [0.5, 0.6) is 0 Å². The summed E-state index contributed by atoms with van der Waals surface area (Å²) in [4.78, 5) is 0. The summed E-state index contributed by atoms with van der Waals surface area (Å²) in [5.74, 6) is 0. The summed E-state index contributed by atoms with van der Waals surface area (Å²) in [6.45, 7) is 10.1. The lowest BCUT2D eigenvalue weighted by Crippen LogP contribution is -2.19. The number of hydrogen-bond acceptors (Lipinski definition) is 3. The maximum atomic E-state index is 5.04. The molecule has 0 aliphatic rings. The van der Waals surface area contributed by atoms with Crippen molar-refractivity contribution in [3.8, 4) is 0 Å². The molecule has 1 aromatic rings. The fraction of sp³-hybridized carbons (Fsp3) is 0.800. The third-order valence-electron chi connectivity index (χ3n) is 3.54. The molecule has 0 aliphatic heterocycles. The van der Waals surface area contributed by atoms with Crippen molar-refractivity contribution in [1.29, 1.82) is 0 Å². The minimum atomic E-state index is 0.753. The monoisotopic (exact) mass is 267 g/mol. The number of unbranched alkanes of at least 4 members (excludes halogenated alkanes) is 3. The second-order valence-corrected chi connectivity index (χ2v) is 5.10. The highest BCUT2D eigenvalue weighted by Crippen LogP contribution is 2.14. The summed E-state index contributed by atoms with van der Waals surface area (Å²) in [6, 6.07) is 0. The molecule has 4 heteroatoms. The van der Waals surface area contributed by atoms with Gasteiger partial charge in [-0.2, -0.15) is 5.10 Å². The fourth-order valence-electron chi connectivity index (χ4n) is 2.28. The fourth-order valence-corrected chi connectivity index (χ4v) is 2.28. The van der Waals surface area contributed by atoms with E-state index in [0.717, 1.165) is 31.9 Å². The van der Waals surface area contributed by atoms with Gasteiger partial charge in [0.25, 0.3) is 0 Å². The summed E-state index contributed by atoms with van der Waals surface area (Å²) in [5, 5.41) is 8.05. The molecule has 1 rings (SSSR count). The molecular formula is C15H29N3O. The van der Waals surface area contributed by atoms with E-state index in [9.17, 15) is 0 Å². The van der Waals surface area contributed by atoms with Gasteiger partial charge in [0.05, 0.1) is 12.3 Å². The zero-order valence-corrected chi connectivity index (χ0v) is 13.0. The lowest BCUT2D eigenvalue weighted by molar-refractivity contribution is 0.199. The van der Waals surface area contributed by atoms with Gasteiger partial charge >= 0.3 is 0 Å². The highest BCUT2D eigenvalue weighted by atomic mass is 16.5. The maximum absolute atomic E-state index is 5.04. The molecule has 19 heavy (non-hydrogen) atoms. The molecule has 0 saturated heterocycles. The molecule has 1 heterocycles. The lowest BCUT2D eigenvalue weighted by atomic mass is 10.2. The Balaban J connectivity index is 2.46. The van der Waals surface area contributed by atoms with E-state index in [-0.39, 0.29) is 0 Å². The summed E-state index contributed by atoms with van der Waals surface area (Å²) < 4.78 is 7.20. The van der Waals surface area contributed by atoms with Crippen LogP contribution in [0.25, 0.3) is 0 Å². The Bertz CT molecular complexity index is 361. The smallest absolute Gasteiger partial charge is 0.0641 e. The van der Waals surface area contributed by atoms with Crippen LogP contribution in [0.15, 0.2) is 0 Å². The average Bonchev–Trinajstić information content (AvgIpc) is 2.67. The van der Waals surface area contributed by atoms with Crippen molar-refractivity contribution < 1.29 is 4.74 Å². The minimum Gasteiger partial charge on any atom is -0.383 e. The van der Waals surface area contributed by atoms with Crippen molar-refractivity contribution in [3.63, 3.8) is 0 Å². The quantitative estimate of drug-likeness (QED) is 0.663. The number of aromatic nitrogens is 2. The van der Waals surface area contributed by atoms with Crippen LogP contribution in [0.1, 0.15) is 49.6 Å².